The van der Waals surface area contributed by atoms with Crippen LogP contribution in [0.3, 0.4) is 0 Å². The molecule has 2 rings (SSSR count). The molecule has 2 aliphatic rings. The molecule has 1 N–H and O–H groups in total. The molecule has 0 aromatic carbocycles. The lowest BCUT2D eigenvalue weighted by Crippen LogP contribution is -2.37. The Morgan fingerprint density at radius 3 is 2.43 bits per heavy atom. The zero-order valence-electron chi connectivity index (χ0n) is 16.1. The third kappa shape index (κ3) is 4.97. The van der Waals surface area contributed by atoms with Crippen molar-refractivity contribution in [3.8, 4) is 0 Å². The van der Waals surface area contributed by atoms with Crippen LogP contribution in [0.15, 0.2) is 34.6 Å². The number of hydrogen-bond acceptors (Lipinski definition) is 2. The van der Waals surface area contributed by atoms with Crippen molar-refractivity contribution in [2.45, 2.75) is 78.8 Å². The van der Waals surface area contributed by atoms with Crippen LogP contribution in [0.25, 0.3) is 0 Å². The molecule has 1 fully saturated rings. The first-order valence-electron chi connectivity index (χ1n) is 9.32. The van der Waals surface area contributed by atoms with Gasteiger partial charge in [-0.15, -0.1) is 0 Å². The van der Waals surface area contributed by atoms with Crippen LogP contribution in [0.1, 0.15) is 66.7 Å². The molecule has 1 atom stereocenters. The smallest absolute Gasteiger partial charge is 0.0366 e. The Morgan fingerprint density at radius 1 is 1.26 bits per heavy atom. The van der Waals surface area contributed by atoms with Gasteiger partial charge in [0, 0.05) is 31.4 Å². The summed E-state index contributed by atoms with van der Waals surface area (Å²) in [6, 6.07) is 1.15. The second kappa shape index (κ2) is 7.70. The summed E-state index contributed by atoms with van der Waals surface area (Å²) in [5.41, 5.74) is 7.14. The molecule has 1 unspecified atom stereocenters. The van der Waals surface area contributed by atoms with Crippen molar-refractivity contribution in [1.82, 2.24) is 10.2 Å². The van der Waals surface area contributed by atoms with Crippen LogP contribution in [0.5, 0.6) is 0 Å². The molecule has 23 heavy (non-hydrogen) atoms. The molecule has 2 aliphatic carbocycles. The SMILES string of the molecule is C=C(C(=C(C)C)C1=C(C)CCC(NC(C)C)C1)N(C)CC1CC1. The molecule has 0 heterocycles. The van der Waals surface area contributed by atoms with E-state index in [-0.39, 0.29) is 0 Å². The third-order valence-corrected chi connectivity index (χ3v) is 5.18. The first-order chi connectivity index (χ1) is 10.8. The van der Waals surface area contributed by atoms with Crippen molar-refractivity contribution in [1.29, 1.82) is 0 Å². The normalized spacial score (nSPS) is 21.6. The molecule has 0 saturated heterocycles. The number of likely N-dealkylation sites (N-methyl/N-ethyl adjacent to an activating group) is 1. The van der Waals surface area contributed by atoms with E-state index < -0.39 is 0 Å². The number of hydrogen-bond donors (Lipinski definition) is 1. The Hall–Kier alpha value is -1.02. The Morgan fingerprint density at radius 2 is 1.91 bits per heavy atom. The van der Waals surface area contributed by atoms with Crippen LogP contribution in [0.2, 0.25) is 0 Å². The number of rotatable bonds is 7. The third-order valence-electron chi connectivity index (χ3n) is 5.18. The second-order valence-corrected chi connectivity index (χ2v) is 8.17. The maximum absolute atomic E-state index is 4.47. The van der Waals surface area contributed by atoms with Gasteiger partial charge in [-0.3, -0.25) is 0 Å². The first-order valence-corrected chi connectivity index (χ1v) is 9.32. The van der Waals surface area contributed by atoms with Crippen LogP contribution >= 0.6 is 0 Å². The summed E-state index contributed by atoms with van der Waals surface area (Å²) >= 11 is 0. The average molecular weight is 317 g/mol. The van der Waals surface area contributed by atoms with Crippen molar-refractivity contribution in [3.63, 3.8) is 0 Å². The quantitative estimate of drug-likeness (QED) is 0.662. The molecule has 0 radical (unpaired) electrons. The fourth-order valence-electron chi connectivity index (χ4n) is 3.75. The van der Waals surface area contributed by atoms with Crippen molar-refractivity contribution in [2.24, 2.45) is 5.92 Å². The molecule has 0 aromatic rings. The van der Waals surface area contributed by atoms with Gasteiger partial charge in [-0.2, -0.15) is 0 Å². The van der Waals surface area contributed by atoms with Gasteiger partial charge in [0.05, 0.1) is 0 Å². The highest BCUT2D eigenvalue weighted by Gasteiger charge is 2.27. The van der Waals surface area contributed by atoms with Gasteiger partial charge in [0.2, 0.25) is 0 Å². The Labute approximate surface area is 143 Å². The topological polar surface area (TPSA) is 15.3 Å². The molecule has 1 saturated carbocycles. The van der Waals surface area contributed by atoms with Gasteiger partial charge in [-0.05, 0) is 69.9 Å². The van der Waals surface area contributed by atoms with Gasteiger partial charge in [-0.25, -0.2) is 0 Å². The fourth-order valence-corrected chi connectivity index (χ4v) is 3.75. The maximum atomic E-state index is 4.47. The number of allylic oxidation sites excluding steroid dienone is 3. The van der Waals surface area contributed by atoms with E-state index in [4.69, 9.17) is 0 Å². The summed E-state index contributed by atoms with van der Waals surface area (Å²) in [7, 11) is 2.21. The van der Waals surface area contributed by atoms with E-state index in [0.29, 0.717) is 12.1 Å². The van der Waals surface area contributed by atoms with Crippen LogP contribution in [0, 0.1) is 5.92 Å². The molecule has 2 nitrogen and oxygen atoms in total. The zero-order valence-corrected chi connectivity index (χ0v) is 16.1. The minimum atomic E-state index is 0.551. The van der Waals surface area contributed by atoms with E-state index in [1.807, 2.05) is 0 Å². The van der Waals surface area contributed by atoms with Crippen LogP contribution < -0.4 is 5.32 Å². The first kappa shape index (κ1) is 18.3. The van der Waals surface area contributed by atoms with E-state index in [0.717, 1.165) is 18.9 Å². The van der Waals surface area contributed by atoms with E-state index in [2.05, 4.69) is 58.5 Å². The maximum Gasteiger partial charge on any atom is 0.0366 e. The summed E-state index contributed by atoms with van der Waals surface area (Å²) < 4.78 is 0. The summed E-state index contributed by atoms with van der Waals surface area (Å²) in [5, 5.41) is 3.74. The molecule has 0 aromatic heterocycles. The molecular formula is C21H36N2. The van der Waals surface area contributed by atoms with Gasteiger partial charge in [0.1, 0.15) is 0 Å². The van der Waals surface area contributed by atoms with Crippen molar-refractivity contribution < 1.29 is 0 Å². The molecule has 0 bridgehead atoms. The van der Waals surface area contributed by atoms with E-state index >= 15 is 0 Å². The molecule has 0 aliphatic heterocycles. The van der Waals surface area contributed by atoms with Crippen molar-refractivity contribution in [2.75, 3.05) is 13.6 Å². The van der Waals surface area contributed by atoms with Gasteiger partial charge < -0.3 is 10.2 Å². The highest BCUT2D eigenvalue weighted by atomic mass is 15.1. The van der Waals surface area contributed by atoms with Crippen molar-refractivity contribution in [3.05, 3.63) is 34.6 Å². The van der Waals surface area contributed by atoms with Crippen molar-refractivity contribution >= 4 is 0 Å². The minimum absolute atomic E-state index is 0.551. The van der Waals surface area contributed by atoms with Gasteiger partial charge in [0.15, 0.2) is 0 Å². The lowest BCUT2D eigenvalue weighted by molar-refractivity contribution is 0.397. The van der Waals surface area contributed by atoms with E-state index in [1.54, 1.807) is 11.1 Å². The minimum Gasteiger partial charge on any atom is -0.374 e. The summed E-state index contributed by atoms with van der Waals surface area (Å²) in [6.07, 6.45) is 6.39. The largest absolute Gasteiger partial charge is 0.374 e. The predicted molar refractivity (Wildman–Crippen MR) is 101 cm³/mol. The molecular weight excluding hydrogens is 280 g/mol. The fraction of sp³-hybridized carbons (Fsp3) is 0.714. The van der Waals surface area contributed by atoms with Gasteiger partial charge in [-0.1, -0.05) is 31.6 Å². The van der Waals surface area contributed by atoms with Gasteiger partial charge >= 0.3 is 0 Å². The Bertz CT molecular complexity index is 502. The number of nitrogens with one attached hydrogen (secondary N) is 1. The highest BCUT2D eigenvalue weighted by Crippen LogP contribution is 2.37. The zero-order chi connectivity index (χ0) is 17.1. The lowest BCUT2D eigenvalue weighted by Gasteiger charge is -2.33. The standard InChI is InChI=1S/C21H36N2/c1-14(2)21(17(6)23(7)13-18-9-10-18)20-12-19(22-15(3)4)11-8-16(20)5/h15,18-19,22H,6,8-13H2,1-5,7H3. The summed E-state index contributed by atoms with van der Waals surface area (Å²) in [5.74, 6) is 0.895. The average Bonchev–Trinajstić information content (AvgIpc) is 3.25. The van der Waals surface area contributed by atoms with Gasteiger partial charge in [0.25, 0.3) is 0 Å². The van der Waals surface area contributed by atoms with E-state index in [9.17, 15) is 0 Å². The van der Waals surface area contributed by atoms with Crippen LogP contribution in [-0.4, -0.2) is 30.6 Å². The van der Waals surface area contributed by atoms with Crippen LogP contribution in [0.4, 0.5) is 0 Å². The summed E-state index contributed by atoms with van der Waals surface area (Å²) in [4.78, 5) is 2.39. The Balaban J connectivity index is 2.18. The second-order valence-electron chi connectivity index (χ2n) is 8.17. The van der Waals surface area contributed by atoms with Crippen LogP contribution in [-0.2, 0) is 0 Å². The highest BCUT2D eigenvalue weighted by molar-refractivity contribution is 5.50. The monoisotopic (exact) mass is 316 g/mol. The summed E-state index contributed by atoms with van der Waals surface area (Å²) in [6.45, 7) is 16.9. The molecule has 0 amide bonds. The molecule has 130 valence electrons. The van der Waals surface area contributed by atoms with E-state index in [1.165, 1.54) is 42.5 Å². The lowest BCUT2D eigenvalue weighted by atomic mass is 9.82. The predicted octanol–water partition coefficient (Wildman–Crippen LogP) is 5.05. The molecule has 2 heteroatoms. The molecule has 0 spiro atoms. The number of nitrogens with zero attached hydrogens (tertiary/aromatic N) is 1. The Kier molecular flexibility index (Phi) is 6.13.